The van der Waals surface area contributed by atoms with Gasteiger partial charge in [-0.05, 0) is 24.3 Å². The number of aromatic nitrogens is 3. The van der Waals surface area contributed by atoms with Gasteiger partial charge in [0.15, 0.2) is 0 Å². The van der Waals surface area contributed by atoms with Gasteiger partial charge in [-0.2, -0.15) is 0 Å². The van der Waals surface area contributed by atoms with Crippen molar-refractivity contribution < 1.29 is 14.3 Å². The Morgan fingerprint density at radius 1 is 1.07 bits per heavy atom. The van der Waals surface area contributed by atoms with E-state index in [1.54, 1.807) is 26.6 Å². The molecule has 0 aliphatic rings. The second-order valence-electron chi connectivity index (χ2n) is 6.30. The van der Waals surface area contributed by atoms with Gasteiger partial charge >= 0.3 is 0 Å². The third-order valence-electron chi connectivity index (χ3n) is 4.56. The van der Waals surface area contributed by atoms with Crippen molar-refractivity contribution in [1.82, 2.24) is 20.3 Å². The average molecular weight is 376 g/mol. The third kappa shape index (κ3) is 3.16. The van der Waals surface area contributed by atoms with E-state index >= 15 is 0 Å². The van der Waals surface area contributed by atoms with Crippen molar-refractivity contribution >= 4 is 27.7 Å². The maximum atomic E-state index is 12.3. The molecule has 0 spiro atoms. The molecule has 3 heterocycles. The molecule has 28 heavy (non-hydrogen) atoms. The van der Waals surface area contributed by atoms with Gasteiger partial charge in [-0.1, -0.05) is 12.1 Å². The van der Waals surface area contributed by atoms with Crippen molar-refractivity contribution in [2.24, 2.45) is 0 Å². The summed E-state index contributed by atoms with van der Waals surface area (Å²) in [6, 6.07) is 11.5. The minimum absolute atomic E-state index is 0.254. The molecular formula is C21H20N4O3. The number of amides is 1. The normalized spacial score (nSPS) is 11.1. The van der Waals surface area contributed by atoms with Crippen LogP contribution >= 0.6 is 0 Å². The Bertz CT molecular complexity index is 1140. The Hall–Kier alpha value is -3.45. The SMILES string of the molecule is CNC(=O)c1ncc2[nH]c3cccc(OCc4ccccn4)c3c2c1COC. The topological polar surface area (TPSA) is 89.1 Å². The third-order valence-corrected chi connectivity index (χ3v) is 4.56. The number of ether oxygens (including phenoxy) is 2. The number of benzene rings is 1. The fraction of sp³-hybridized carbons (Fsp3) is 0.190. The minimum atomic E-state index is -0.254. The zero-order chi connectivity index (χ0) is 19.5. The summed E-state index contributed by atoms with van der Waals surface area (Å²) in [7, 11) is 3.18. The van der Waals surface area contributed by atoms with E-state index in [0.29, 0.717) is 18.1 Å². The van der Waals surface area contributed by atoms with Gasteiger partial charge in [0.1, 0.15) is 18.1 Å². The summed E-state index contributed by atoms with van der Waals surface area (Å²) in [6.45, 7) is 0.605. The largest absolute Gasteiger partial charge is 0.487 e. The highest BCUT2D eigenvalue weighted by atomic mass is 16.5. The number of rotatable bonds is 6. The fourth-order valence-electron chi connectivity index (χ4n) is 3.33. The van der Waals surface area contributed by atoms with Crippen LogP contribution in [0.25, 0.3) is 21.8 Å². The van der Waals surface area contributed by atoms with Gasteiger partial charge in [-0.25, -0.2) is 4.98 Å². The predicted octanol–water partition coefficient (Wildman–Crippen LogP) is 3.20. The van der Waals surface area contributed by atoms with Crippen molar-refractivity contribution in [2.75, 3.05) is 14.2 Å². The van der Waals surface area contributed by atoms with Crippen LogP contribution in [-0.4, -0.2) is 35.0 Å². The van der Waals surface area contributed by atoms with Crippen molar-refractivity contribution in [3.8, 4) is 5.75 Å². The molecule has 4 aromatic rings. The van der Waals surface area contributed by atoms with E-state index in [4.69, 9.17) is 9.47 Å². The lowest BCUT2D eigenvalue weighted by Crippen LogP contribution is -2.21. The van der Waals surface area contributed by atoms with E-state index in [1.165, 1.54) is 0 Å². The summed E-state index contributed by atoms with van der Waals surface area (Å²) in [5.74, 6) is 0.455. The Labute approximate surface area is 161 Å². The Morgan fingerprint density at radius 2 is 1.96 bits per heavy atom. The second kappa shape index (κ2) is 7.66. The predicted molar refractivity (Wildman–Crippen MR) is 106 cm³/mol. The first kappa shape index (κ1) is 17.9. The van der Waals surface area contributed by atoms with Gasteiger partial charge in [0.25, 0.3) is 5.91 Å². The maximum Gasteiger partial charge on any atom is 0.270 e. The van der Waals surface area contributed by atoms with Crippen LogP contribution in [0.5, 0.6) is 5.75 Å². The smallest absolute Gasteiger partial charge is 0.270 e. The molecule has 4 rings (SSSR count). The molecule has 142 valence electrons. The fourth-order valence-corrected chi connectivity index (χ4v) is 3.33. The Kier molecular flexibility index (Phi) is 4.90. The number of H-pyrrole nitrogens is 1. The minimum Gasteiger partial charge on any atom is -0.487 e. The highest BCUT2D eigenvalue weighted by Crippen LogP contribution is 2.36. The summed E-state index contributed by atoms with van der Waals surface area (Å²) >= 11 is 0. The number of pyridine rings is 2. The van der Waals surface area contributed by atoms with Gasteiger partial charge in [0.2, 0.25) is 0 Å². The molecule has 1 amide bonds. The summed E-state index contributed by atoms with van der Waals surface area (Å²) < 4.78 is 11.5. The van der Waals surface area contributed by atoms with Crippen LogP contribution in [0.15, 0.2) is 48.8 Å². The molecule has 0 saturated heterocycles. The lowest BCUT2D eigenvalue weighted by molar-refractivity contribution is 0.0953. The molecule has 0 atom stereocenters. The highest BCUT2D eigenvalue weighted by Gasteiger charge is 2.20. The zero-order valence-corrected chi connectivity index (χ0v) is 15.7. The highest BCUT2D eigenvalue weighted by molar-refractivity contribution is 6.14. The Balaban J connectivity index is 1.89. The first-order valence-electron chi connectivity index (χ1n) is 8.89. The molecule has 0 bridgehead atoms. The number of carbonyl (C=O) groups excluding carboxylic acids is 1. The zero-order valence-electron chi connectivity index (χ0n) is 15.7. The number of aromatic amines is 1. The number of carbonyl (C=O) groups is 1. The summed E-state index contributed by atoms with van der Waals surface area (Å²) in [5, 5.41) is 4.41. The molecule has 0 fully saturated rings. The summed E-state index contributed by atoms with van der Waals surface area (Å²) in [4.78, 5) is 24.3. The van der Waals surface area contributed by atoms with Crippen LogP contribution in [0.3, 0.4) is 0 Å². The van der Waals surface area contributed by atoms with E-state index in [-0.39, 0.29) is 12.5 Å². The number of methoxy groups -OCH3 is 1. The summed E-state index contributed by atoms with van der Waals surface area (Å²) in [5.41, 5.74) is 3.63. The monoisotopic (exact) mass is 376 g/mol. The number of nitrogens with zero attached hydrogens (tertiary/aromatic N) is 2. The van der Waals surface area contributed by atoms with Crippen LogP contribution in [0, 0.1) is 0 Å². The first-order chi connectivity index (χ1) is 13.7. The van der Waals surface area contributed by atoms with Crippen LogP contribution in [-0.2, 0) is 18.0 Å². The van der Waals surface area contributed by atoms with Crippen LogP contribution in [0.4, 0.5) is 0 Å². The molecule has 0 radical (unpaired) electrons. The van der Waals surface area contributed by atoms with Gasteiger partial charge in [0, 0.05) is 36.7 Å². The van der Waals surface area contributed by atoms with Crippen molar-refractivity contribution in [2.45, 2.75) is 13.2 Å². The van der Waals surface area contributed by atoms with Gasteiger partial charge in [-0.3, -0.25) is 9.78 Å². The van der Waals surface area contributed by atoms with Gasteiger partial charge in [-0.15, -0.1) is 0 Å². The van der Waals surface area contributed by atoms with Gasteiger partial charge < -0.3 is 19.8 Å². The molecule has 7 nitrogen and oxygen atoms in total. The lowest BCUT2D eigenvalue weighted by atomic mass is 10.0. The van der Waals surface area contributed by atoms with E-state index < -0.39 is 0 Å². The van der Waals surface area contributed by atoms with Crippen LogP contribution < -0.4 is 10.1 Å². The average Bonchev–Trinajstić information content (AvgIpc) is 3.12. The molecule has 0 aliphatic carbocycles. The van der Waals surface area contributed by atoms with E-state index in [1.807, 2.05) is 36.4 Å². The van der Waals surface area contributed by atoms with E-state index in [2.05, 4.69) is 20.3 Å². The van der Waals surface area contributed by atoms with E-state index in [9.17, 15) is 4.79 Å². The molecule has 3 aromatic heterocycles. The molecule has 0 unspecified atom stereocenters. The van der Waals surface area contributed by atoms with Gasteiger partial charge in [0.05, 0.1) is 29.5 Å². The van der Waals surface area contributed by atoms with Crippen LogP contribution in [0.1, 0.15) is 21.7 Å². The number of hydrogen-bond donors (Lipinski definition) is 2. The molecule has 2 N–H and O–H groups in total. The number of nitrogens with one attached hydrogen (secondary N) is 2. The summed E-state index contributed by atoms with van der Waals surface area (Å²) in [6.07, 6.45) is 3.41. The molecule has 0 saturated carbocycles. The Morgan fingerprint density at radius 3 is 2.71 bits per heavy atom. The first-order valence-corrected chi connectivity index (χ1v) is 8.89. The molecule has 7 heteroatoms. The standard InChI is InChI=1S/C21H20N4O3/c1-22-21(26)20-14(12-27-2)18-16(10-24-20)25-15-7-5-8-17(19(15)18)28-11-13-6-3-4-9-23-13/h3-10,25H,11-12H2,1-2H3,(H,22,26). The molecule has 0 aliphatic heterocycles. The number of hydrogen-bond acceptors (Lipinski definition) is 5. The lowest BCUT2D eigenvalue weighted by Gasteiger charge is -2.11. The quantitative estimate of drug-likeness (QED) is 0.539. The van der Waals surface area contributed by atoms with Crippen LogP contribution in [0.2, 0.25) is 0 Å². The number of fused-ring (bicyclic) bond motifs is 3. The van der Waals surface area contributed by atoms with E-state index in [0.717, 1.165) is 33.1 Å². The molecular weight excluding hydrogens is 356 g/mol. The van der Waals surface area contributed by atoms with Crippen molar-refractivity contribution in [3.63, 3.8) is 0 Å². The second-order valence-corrected chi connectivity index (χ2v) is 6.30. The maximum absolute atomic E-state index is 12.3. The molecule has 1 aromatic carbocycles. The van der Waals surface area contributed by atoms with Crippen molar-refractivity contribution in [3.05, 3.63) is 65.7 Å². The van der Waals surface area contributed by atoms with Crippen molar-refractivity contribution in [1.29, 1.82) is 0 Å².